The molecule has 1 unspecified atom stereocenters. The predicted octanol–water partition coefficient (Wildman–Crippen LogP) is 2.17. The van der Waals surface area contributed by atoms with Crippen LogP contribution < -0.4 is 0 Å². The van der Waals surface area contributed by atoms with E-state index in [-0.39, 0.29) is 6.10 Å². The Bertz CT molecular complexity index is 140. The largest absolute Gasteiger partial charge is 0.393 e. The molecule has 1 aliphatic rings. The van der Waals surface area contributed by atoms with E-state index in [1.807, 2.05) is 18.7 Å². The van der Waals surface area contributed by atoms with Crippen LogP contribution in [0.5, 0.6) is 0 Å². The van der Waals surface area contributed by atoms with Gasteiger partial charge in [-0.15, -0.1) is 11.8 Å². The van der Waals surface area contributed by atoms with Gasteiger partial charge in [-0.05, 0) is 31.6 Å². The highest BCUT2D eigenvalue weighted by Gasteiger charge is 2.16. The molecular weight excluding hydrogens is 144 g/mol. The van der Waals surface area contributed by atoms with Crippen LogP contribution in [-0.4, -0.2) is 16.5 Å². The Hall–Kier alpha value is 0.0500. The van der Waals surface area contributed by atoms with Crippen molar-refractivity contribution in [1.29, 1.82) is 0 Å². The number of aliphatic hydroxyl groups is 1. The minimum Gasteiger partial charge on any atom is -0.393 e. The lowest BCUT2D eigenvalue weighted by Gasteiger charge is -2.10. The Labute approximate surface area is 66.5 Å². The van der Waals surface area contributed by atoms with Gasteiger partial charge in [0.2, 0.25) is 0 Å². The van der Waals surface area contributed by atoms with Crippen LogP contribution in [0.4, 0.5) is 0 Å². The summed E-state index contributed by atoms with van der Waals surface area (Å²) in [6, 6.07) is 0. The van der Waals surface area contributed by atoms with Gasteiger partial charge in [0.05, 0.1) is 6.10 Å². The smallest absolute Gasteiger partial charge is 0.0522 e. The molecule has 0 spiro atoms. The number of aliphatic hydroxyl groups excluding tert-OH is 1. The van der Waals surface area contributed by atoms with E-state index in [0.717, 1.165) is 12.8 Å². The molecule has 0 fully saturated rings. The maximum atomic E-state index is 9.06. The SMILES string of the molecule is CC1=CCC(C[C@@H](C)O)S1. The van der Waals surface area contributed by atoms with E-state index in [2.05, 4.69) is 13.0 Å². The van der Waals surface area contributed by atoms with E-state index in [0.29, 0.717) is 5.25 Å². The van der Waals surface area contributed by atoms with E-state index >= 15 is 0 Å². The fourth-order valence-corrected chi connectivity index (χ4v) is 2.47. The van der Waals surface area contributed by atoms with Crippen LogP contribution in [-0.2, 0) is 0 Å². The molecule has 0 bridgehead atoms. The maximum Gasteiger partial charge on any atom is 0.0522 e. The number of allylic oxidation sites excluding steroid dienone is 2. The van der Waals surface area contributed by atoms with Gasteiger partial charge in [-0.3, -0.25) is 0 Å². The van der Waals surface area contributed by atoms with Gasteiger partial charge < -0.3 is 5.11 Å². The highest BCUT2D eigenvalue weighted by molar-refractivity contribution is 8.03. The third-order valence-corrected chi connectivity index (χ3v) is 2.88. The van der Waals surface area contributed by atoms with Crippen LogP contribution in [0.15, 0.2) is 11.0 Å². The zero-order chi connectivity index (χ0) is 7.56. The molecule has 1 N–H and O–H groups in total. The Balaban J connectivity index is 2.23. The molecule has 0 aliphatic carbocycles. The van der Waals surface area contributed by atoms with Crippen molar-refractivity contribution in [1.82, 2.24) is 0 Å². The van der Waals surface area contributed by atoms with Gasteiger partial charge >= 0.3 is 0 Å². The van der Waals surface area contributed by atoms with Crippen LogP contribution in [0.2, 0.25) is 0 Å². The van der Waals surface area contributed by atoms with Gasteiger partial charge in [-0.1, -0.05) is 6.08 Å². The quantitative estimate of drug-likeness (QED) is 0.664. The Morgan fingerprint density at radius 2 is 2.60 bits per heavy atom. The molecule has 1 aliphatic heterocycles. The molecule has 0 saturated carbocycles. The fraction of sp³-hybridized carbons (Fsp3) is 0.750. The summed E-state index contributed by atoms with van der Waals surface area (Å²) >= 11 is 1.89. The maximum absolute atomic E-state index is 9.06. The minimum absolute atomic E-state index is 0.142. The molecule has 0 aromatic rings. The van der Waals surface area contributed by atoms with Gasteiger partial charge in [0.15, 0.2) is 0 Å². The molecule has 0 amide bonds. The normalized spacial score (nSPS) is 28.3. The van der Waals surface area contributed by atoms with E-state index in [1.54, 1.807) is 0 Å². The second kappa shape index (κ2) is 3.44. The molecule has 0 aromatic carbocycles. The predicted molar refractivity (Wildman–Crippen MR) is 46.1 cm³/mol. The van der Waals surface area contributed by atoms with Crippen LogP contribution in [0.25, 0.3) is 0 Å². The molecule has 2 atom stereocenters. The summed E-state index contributed by atoms with van der Waals surface area (Å²) in [5.74, 6) is 0. The molecule has 10 heavy (non-hydrogen) atoms. The number of hydrogen-bond donors (Lipinski definition) is 1. The van der Waals surface area contributed by atoms with Crippen LogP contribution in [0.3, 0.4) is 0 Å². The first-order valence-corrected chi connectivity index (χ1v) is 4.58. The van der Waals surface area contributed by atoms with Crippen LogP contribution in [0.1, 0.15) is 26.7 Å². The first-order chi connectivity index (χ1) is 4.68. The average Bonchev–Trinajstić information content (AvgIpc) is 2.13. The first-order valence-electron chi connectivity index (χ1n) is 3.70. The van der Waals surface area contributed by atoms with Crippen molar-refractivity contribution in [3.63, 3.8) is 0 Å². The molecule has 1 rings (SSSR count). The summed E-state index contributed by atoms with van der Waals surface area (Å²) in [4.78, 5) is 1.41. The van der Waals surface area contributed by atoms with Gasteiger partial charge in [-0.25, -0.2) is 0 Å². The lowest BCUT2D eigenvalue weighted by Crippen LogP contribution is -2.08. The number of thioether (sulfide) groups is 1. The highest BCUT2D eigenvalue weighted by Crippen LogP contribution is 2.34. The highest BCUT2D eigenvalue weighted by atomic mass is 32.2. The van der Waals surface area contributed by atoms with Gasteiger partial charge in [-0.2, -0.15) is 0 Å². The van der Waals surface area contributed by atoms with Crippen molar-refractivity contribution >= 4 is 11.8 Å². The van der Waals surface area contributed by atoms with Crippen molar-refractivity contribution in [3.05, 3.63) is 11.0 Å². The summed E-state index contributed by atoms with van der Waals surface area (Å²) in [5.41, 5.74) is 0. The fourth-order valence-electron chi connectivity index (χ4n) is 1.18. The molecule has 0 radical (unpaired) electrons. The zero-order valence-corrected chi connectivity index (χ0v) is 7.32. The van der Waals surface area contributed by atoms with Crippen molar-refractivity contribution in [2.45, 2.75) is 38.0 Å². The lowest BCUT2D eigenvalue weighted by molar-refractivity contribution is 0.184. The van der Waals surface area contributed by atoms with Crippen molar-refractivity contribution in [2.75, 3.05) is 0 Å². The third-order valence-electron chi connectivity index (χ3n) is 1.62. The molecule has 0 aromatic heterocycles. The van der Waals surface area contributed by atoms with Crippen molar-refractivity contribution < 1.29 is 5.11 Å². The third kappa shape index (κ3) is 2.35. The van der Waals surface area contributed by atoms with E-state index in [4.69, 9.17) is 5.11 Å². The molecule has 2 heteroatoms. The van der Waals surface area contributed by atoms with Gasteiger partial charge in [0, 0.05) is 5.25 Å². The molecule has 58 valence electrons. The Kier molecular flexibility index (Phi) is 2.81. The van der Waals surface area contributed by atoms with Gasteiger partial charge in [0.1, 0.15) is 0 Å². The monoisotopic (exact) mass is 158 g/mol. The van der Waals surface area contributed by atoms with Gasteiger partial charge in [0.25, 0.3) is 0 Å². The summed E-state index contributed by atoms with van der Waals surface area (Å²) in [6.45, 7) is 3.99. The number of hydrogen-bond acceptors (Lipinski definition) is 2. The summed E-state index contributed by atoms with van der Waals surface area (Å²) in [6.07, 6.45) is 4.18. The van der Waals surface area contributed by atoms with Crippen molar-refractivity contribution in [3.8, 4) is 0 Å². The standard InChI is InChI=1S/C8H14OS/c1-6(9)5-8-4-3-7(2)10-8/h3,6,8-9H,4-5H2,1-2H3/t6-,8?/m1/s1. The molecule has 1 nitrogen and oxygen atoms in total. The summed E-state index contributed by atoms with van der Waals surface area (Å²) in [5, 5.41) is 9.70. The van der Waals surface area contributed by atoms with Crippen molar-refractivity contribution in [2.24, 2.45) is 0 Å². The second-order valence-corrected chi connectivity index (χ2v) is 4.42. The first kappa shape index (κ1) is 8.15. The molecule has 0 saturated heterocycles. The van der Waals surface area contributed by atoms with E-state index in [1.165, 1.54) is 4.91 Å². The Morgan fingerprint density at radius 3 is 3.00 bits per heavy atom. The molecule has 1 heterocycles. The minimum atomic E-state index is -0.142. The topological polar surface area (TPSA) is 20.2 Å². The summed E-state index contributed by atoms with van der Waals surface area (Å²) < 4.78 is 0. The molecular formula is C8H14OS. The van der Waals surface area contributed by atoms with Crippen LogP contribution >= 0.6 is 11.8 Å². The van der Waals surface area contributed by atoms with Crippen LogP contribution in [0, 0.1) is 0 Å². The second-order valence-electron chi connectivity index (χ2n) is 2.88. The zero-order valence-electron chi connectivity index (χ0n) is 6.50. The Morgan fingerprint density at radius 1 is 1.90 bits per heavy atom. The van der Waals surface area contributed by atoms with E-state index in [9.17, 15) is 0 Å². The average molecular weight is 158 g/mol. The number of rotatable bonds is 2. The lowest BCUT2D eigenvalue weighted by atomic mass is 10.1. The summed E-state index contributed by atoms with van der Waals surface area (Å²) in [7, 11) is 0. The van der Waals surface area contributed by atoms with E-state index < -0.39 is 0 Å².